The Labute approximate surface area is 129 Å². The number of sulfonamides is 1. The molecule has 0 radical (unpaired) electrons. The van der Waals surface area contributed by atoms with Gasteiger partial charge >= 0.3 is 0 Å². The van der Waals surface area contributed by atoms with E-state index in [2.05, 4.69) is 4.72 Å². The van der Waals surface area contributed by atoms with Crippen molar-refractivity contribution in [3.63, 3.8) is 0 Å². The number of furan rings is 1. The number of hydrogen-bond acceptors (Lipinski definition) is 5. The molecule has 0 saturated heterocycles. The van der Waals surface area contributed by atoms with Crippen molar-refractivity contribution in [3.05, 3.63) is 54.0 Å². The molecule has 0 aliphatic carbocycles. The third-order valence-corrected chi connectivity index (χ3v) is 4.72. The van der Waals surface area contributed by atoms with Crippen LogP contribution in [0.15, 0.2) is 52.0 Å². The van der Waals surface area contributed by atoms with Gasteiger partial charge in [-0.2, -0.15) is 0 Å². The summed E-state index contributed by atoms with van der Waals surface area (Å²) in [6.45, 7) is 1.41. The summed E-state index contributed by atoms with van der Waals surface area (Å²) >= 11 is 0. The Morgan fingerprint density at radius 2 is 1.91 bits per heavy atom. The smallest absolute Gasteiger partial charge is 0.241 e. The Hall–Kier alpha value is -1.67. The fourth-order valence-electron chi connectivity index (χ4n) is 2.03. The molecule has 1 aromatic heterocycles. The summed E-state index contributed by atoms with van der Waals surface area (Å²) < 4.78 is 32.6. The third kappa shape index (κ3) is 4.17. The maximum Gasteiger partial charge on any atom is 0.241 e. The van der Waals surface area contributed by atoms with Crippen LogP contribution in [-0.2, 0) is 10.0 Å². The topological polar surface area (TPSA) is 99.8 Å². The monoisotopic (exact) mass is 325 g/mol. The Balaban J connectivity index is 2.23. The van der Waals surface area contributed by atoms with Gasteiger partial charge in [-0.15, -0.1) is 0 Å². The number of aliphatic hydroxyl groups excluding tert-OH is 2. The lowest BCUT2D eigenvalue weighted by atomic mass is 10.1. The van der Waals surface area contributed by atoms with Gasteiger partial charge in [0.2, 0.25) is 10.0 Å². The van der Waals surface area contributed by atoms with Gasteiger partial charge in [-0.25, -0.2) is 13.1 Å². The standard InChI is InChI=1S/C15H19NO5S/c1-11-4-6-13(7-5-11)22(19,20)16-14(9-12(18)10-17)15-3-2-8-21-15/h2-8,12,14,16-18H,9-10H2,1H3/t12-,14+/m1/s1. The summed E-state index contributed by atoms with van der Waals surface area (Å²) in [5, 5.41) is 18.6. The molecule has 120 valence electrons. The third-order valence-electron chi connectivity index (χ3n) is 3.23. The zero-order valence-electron chi connectivity index (χ0n) is 12.1. The van der Waals surface area contributed by atoms with E-state index in [0.717, 1.165) is 5.56 Å². The molecule has 0 unspecified atom stereocenters. The minimum absolute atomic E-state index is 0.00903. The van der Waals surface area contributed by atoms with Crippen LogP contribution in [0.4, 0.5) is 0 Å². The van der Waals surface area contributed by atoms with Crippen molar-refractivity contribution in [1.82, 2.24) is 4.72 Å². The summed E-state index contributed by atoms with van der Waals surface area (Å²) in [6, 6.07) is 8.93. The lowest BCUT2D eigenvalue weighted by molar-refractivity contribution is 0.0791. The van der Waals surface area contributed by atoms with Crippen LogP contribution in [0, 0.1) is 6.92 Å². The molecule has 0 aliphatic heterocycles. The van der Waals surface area contributed by atoms with E-state index >= 15 is 0 Å². The molecule has 0 aliphatic rings. The van der Waals surface area contributed by atoms with Crippen LogP contribution in [0.2, 0.25) is 0 Å². The number of aryl methyl sites for hydroxylation is 1. The van der Waals surface area contributed by atoms with Crippen molar-refractivity contribution >= 4 is 10.0 Å². The molecule has 7 heteroatoms. The van der Waals surface area contributed by atoms with Gasteiger partial charge in [0, 0.05) is 0 Å². The first-order valence-corrected chi connectivity index (χ1v) is 8.32. The van der Waals surface area contributed by atoms with E-state index in [1.54, 1.807) is 24.3 Å². The van der Waals surface area contributed by atoms with Crippen molar-refractivity contribution in [2.75, 3.05) is 6.61 Å². The number of aliphatic hydroxyl groups is 2. The Morgan fingerprint density at radius 1 is 1.23 bits per heavy atom. The van der Waals surface area contributed by atoms with Gasteiger partial charge in [-0.05, 0) is 37.6 Å². The Kier molecular flexibility index (Phi) is 5.36. The highest BCUT2D eigenvalue weighted by Crippen LogP contribution is 2.22. The van der Waals surface area contributed by atoms with Crippen molar-refractivity contribution in [1.29, 1.82) is 0 Å². The van der Waals surface area contributed by atoms with Gasteiger partial charge in [-0.3, -0.25) is 0 Å². The van der Waals surface area contributed by atoms with Crippen LogP contribution in [-0.4, -0.2) is 31.3 Å². The minimum atomic E-state index is -3.76. The molecule has 1 aromatic carbocycles. The van der Waals surface area contributed by atoms with E-state index in [9.17, 15) is 13.5 Å². The molecule has 0 spiro atoms. The molecule has 2 rings (SSSR count). The molecule has 2 atom stereocenters. The fraction of sp³-hybridized carbons (Fsp3) is 0.333. The largest absolute Gasteiger partial charge is 0.468 e. The first-order chi connectivity index (χ1) is 10.4. The second-order valence-electron chi connectivity index (χ2n) is 5.07. The van der Waals surface area contributed by atoms with Gasteiger partial charge < -0.3 is 14.6 Å². The van der Waals surface area contributed by atoms with Gasteiger partial charge in [0.25, 0.3) is 0 Å². The molecule has 0 fully saturated rings. The van der Waals surface area contributed by atoms with Crippen molar-refractivity contribution < 1.29 is 23.0 Å². The van der Waals surface area contributed by atoms with Crippen LogP contribution >= 0.6 is 0 Å². The lowest BCUT2D eigenvalue weighted by Gasteiger charge is -2.19. The summed E-state index contributed by atoms with van der Waals surface area (Å²) in [5.41, 5.74) is 0.956. The van der Waals surface area contributed by atoms with E-state index in [4.69, 9.17) is 9.52 Å². The molecule has 6 nitrogen and oxygen atoms in total. The van der Waals surface area contributed by atoms with E-state index in [0.29, 0.717) is 5.76 Å². The summed E-state index contributed by atoms with van der Waals surface area (Å²) in [6.07, 6.45) is 0.388. The highest BCUT2D eigenvalue weighted by Gasteiger charge is 2.25. The predicted molar refractivity (Wildman–Crippen MR) is 80.7 cm³/mol. The van der Waals surface area contributed by atoms with Gasteiger partial charge in [0.15, 0.2) is 0 Å². The van der Waals surface area contributed by atoms with Crippen LogP contribution in [0.5, 0.6) is 0 Å². The fourth-order valence-corrected chi connectivity index (χ4v) is 3.25. The zero-order chi connectivity index (χ0) is 16.2. The first-order valence-electron chi connectivity index (χ1n) is 6.83. The maximum atomic E-state index is 12.4. The highest BCUT2D eigenvalue weighted by molar-refractivity contribution is 7.89. The first kappa shape index (κ1) is 16.7. The van der Waals surface area contributed by atoms with Crippen LogP contribution in [0.1, 0.15) is 23.8 Å². The summed E-state index contributed by atoms with van der Waals surface area (Å²) in [5.74, 6) is 0.378. The Morgan fingerprint density at radius 3 is 2.45 bits per heavy atom. The summed E-state index contributed by atoms with van der Waals surface area (Å²) in [4.78, 5) is 0.133. The molecule has 2 aromatic rings. The number of hydrogen-bond donors (Lipinski definition) is 3. The molecule has 0 saturated carbocycles. The molecular weight excluding hydrogens is 306 g/mol. The quantitative estimate of drug-likeness (QED) is 0.713. The van der Waals surface area contributed by atoms with Crippen LogP contribution < -0.4 is 4.72 Å². The predicted octanol–water partition coefficient (Wildman–Crippen LogP) is 1.35. The molecular formula is C15H19NO5S. The molecule has 0 amide bonds. The number of rotatable bonds is 7. The maximum absolute atomic E-state index is 12.4. The van der Waals surface area contributed by atoms with E-state index in [-0.39, 0.29) is 11.3 Å². The van der Waals surface area contributed by atoms with E-state index < -0.39 is 28.8 Å². The average molecular weight is 325 g/mol. The molecule has 0 bridgehead atoms. The zero-order valence-corrected chi connectivity index (χ0v) is 13.0. The van der Waals surface area contributed by atoms with Crippen molar-refractivity contribution in [3.8, 4) is 0 Å². The molecule has 22 heavy (non-hydrogen) atoms. The summed E-state index contributed by atoms with van der Waals surface area (Å²) in [7, 11) is -3.76. The lowest BCUT2D eigenvalue weighted by Crippen LogP contribution is -2.31. The SMILES string of the molecule is Cc1ccc(S(=O)(=O)N[C@@H](C[C@@H](O)CO)c2ccco2)cc1. The molecule has 1 heterocycles. The second kappa shape index (κ2) is 7.06. The minimum Gasteiger partial charge on any atom is -0.468 e. The van der Waals surface area contributed by atoms with Gasteiger partial charge in [0.1, 0.15) is 5.76 Å². The van der Waals surface area contributed by atoms with Gasteiger partial charge in [0.05, 0.1) is 29.9 Å². The molecule has 3 N–H and O–H groups in total. The number of benzene rings is 1. The normalized spacial score (nSPS) is 14.7. The second-order valence-corrected chi connectivity index (χ2v) is 6.79. The van der Waals surface area contributed by atoms with Crippen LogP contribution in [0.25, 0.3) is 0 Å². The number of nitrogens with one attached hydrogen (secondary N) is 1. The highest BCUT2D eigenvalue weighted by atomic mass is 32.2. The van der Waals surface area contributed by atoms with E-state index in [1.165, 1.54) is 18.4 Å². The van der Waals surface area contributed by atoms with Crippen molar-refractivity contribution in [2.45, 2.75) is 30.4 Å². The Bertz CT molecular complexity index is 679. The van der Waals surface area contributed by atoms with Crippen LogP contribution in [0.3, 0.4) is 0 Å². The average Bonchev–Trinajstić information content (AvgIpc) is 3.01. The van der Waals surface area contributed by atoms with Crippen molar-refractivity contribution in [2.24, 2.45) is 0 Å². The van der Waals surface area contributed by atoms with E-state index in [1.807, 2.05) is 6.92 Å². The van der Waals surface area contributed by atoms with Gasteiger partial charge in [-0.1, -0.05) is 17.7 Å².